The number of alkyl halides is 3. The largest absolute Gasteiger partial charge is 0.534 e. The molecule has 0 fully saturated rings. The van der Waals surface area contributed by atoms with Crippen molar-refractivity contribution in [3.05, 3.63) is 29.3 Å². The van der Waals surface area contributed by atoms with E-state index in [0.29, 0.717) is 17.5 Å². The van der Waals surface area contributed by atoms with Crippen molar-refractivity contribution in [2.75, 3.05) is 0 Å². The van der Waals surface area contributed by atoms with E-state index in [1.54, 1.807) is 0 Å². The van der Waals surface area contributed by atoms with Crippen molar-refractivity contribution in [1.82, 2.24) is 0 Å². The van der Waals surface area contributed by atoms with Gasteiger partial charge in [-0.05, 0) is 29.7 Å². The van der Waals surface area contributed by atoms with Gasteiger partial charge in [-0.2, -0.15) is 26.9 Å². The summed E-state index contributed by atoms with van der Waals surface area (Å²) in [5.74, 6) is -0.685. The Morgan fingerprint density at radius 1 is 1.39 bits per heavy atom. The van der Waals surface area contributed by atoms with Crippen molar-refractivity contribution in [3.8, 4) is 11.8 Å². The van der Waals surface area contributed by atoms with Crippen molar-refractivity contribution < 1.29 is 25.8 Å². The fraction of sp³-hybridized carbons (Fsp3) is 0.300. The van der Waals surface area contributed by atoms with Gasteiger partial charge in [0, 0.05) is 0 Å². The van der Waals surface area contributed by atoms with Crippen LogP contribution < -0.4 is 4.18 Å². The lowest BCUT2D eigenvalue weighted by Gasteiger charge is -2.24. The summed E-state index contributed by atoms with van der Waals surface area (Å²) in [6.45, 7) is 0. The first-order chi connectivity index (χ1) is 8.24. The minimum Gasteiger partial charge on any atom is -0.376 e. The predicted molar refractivity (Wildman–Crippen MR) is 54.1 cm³/mol. The SMILES string of the molecule is N#CC1Cc2cc(OS(=O)(=O)C(F)(F)F)ccc21. The van der Waals surface area contributed by atoms with Gasteiger partial charge in [0.05, 0.1) is 12.0 Å². The summed E-state index contributed by atoms with van der Waals surface area (Å²) in [6.07, 6.45) is 0.384. The molecule has 0 spiro atoms. The molecule has 0 saturated carbocycles. The highest BCUT2D eigenvalue weighted by Gasteiger charge is 2.48. The minimum atomic E-state index is -5.64. The quantitative estimate of drug-likeness (QED) is 0.613. The molecular formula is C10H6F3NO3S. The fourth-order valence-electron chi connectivity index (χ4n) is 1.64. The molecule has 1 aromatic rings. The number of benzene rings is 1. The van der Waals surface area contributed by atoms with Gasteiger partial charge in [0.15, 0.2) is 0 Å². The molecule has 1 aromatic carbocycles. The van der Waals surface area contributed by atoms with Gasteiger partial charge in [-0.15, -0.1) is 0 Å². The normalized spacial score (nSPS) is 18.4. The third-order valence-corrected chi connectivity index (χ3v) is 3.54. The Labute approximate surface area is 101 Å². The van der Waals surface area contributed by atoms with Gasteiger partial charge in [0.1, 0.15) is 5.75 Å². The molecule has 0 radical (unpaired) electrons. The molecule has 0 aliphatic heterocycles. The Kier molecular flexibility index (Phi) is 2.74. The molecule has 1 unspecified atom stereocenters. The van der Waals surface area contributed by atoms with Crippen molar-refractivity contribution >= 4 is 10.1 Å². The highest BCUT2D eigenvalue weighted by Crippen LogP contribution is 2.37. The zero-order valence-corrected chi connectivity index (χ0v) is 9.55. The Morgan fingerprint density at radius 3 is 2.56 bits per heavy atom. The van der Waals surface area contributed by atoms with Crippen LogP contribution in [0.25, 0.3) is 0 Å². The van der Waals surface area contributed by atoms with Gasteiger partial charge >= 0.3 is 15.6 Å². The van der Waals surface area contributed by atoms with Crippen LogP contribution in [0.1, 0.15) is 17.0 Å². The summed E-state index contributed by atoms with van der Waals surface area (Å²) in [6, 6.07) is 5.71. The minimum absolute atomic E-state index is 0.284. The Bertz CT molecular complexity index is 631. The molecule has 0 N–H and O–H groups in total. The number of halogens is 3. The topological polar surface area (TPSA) is 67.2 Å². The fourth-order valence-corrected chi connectivity index (χ4v) is 2.09. The molecule has 1 aliphatic rings. The van der Waals surface area contributed by atoms with E-state index in [-0.39, 0.29) is 5.92 Å². The van der Waals surface area contributed by atoms with E-state index in [4.69, 9.17) is 5.26 Å². The van der Waals surface area contributed by atoms with Gasteiger partial charge in [0.2, 0.25) is 0 Å². The molecule has 0 aromatic heterocycles. The maximum absolute atomic E-state index is 12.1. The van der Waals surface area contributed by atoms with Gasteiger partial charge in [-0.3, -0.25) is 0 Å². The third kappa shape index (κ3) is 2.01. The number of nitrogens with zero attached hydrogens (tertiary/aromatic N) is 1. The second-order valence-corrected chi connectivity index (χ2v) is 5.27. The van der Waals surface area contributed by atoms with E-state index in [2.05, 4.69) is 4.18 Å². The van der Waals surface area contributed by atoms with Crippen LogP contribution in [-0.2, 0) is 16.5 Å². The summed E-state index contributed by atoms with van der Waals surface area (Å²) in [5, 5.41) is 8.67. The molecule has 96 valence electrons. The summed E-state index contributed by atoms with van der Waals surface area (Å²) in [5.41, 5.74) is -4.14. The van der Waals surface area contributed by atoms with E-state index in [0.717, 1.165) is 6.07 Å². The van der Waals surface area contributed by atoms with Gasteiger partial charge in [0.25, 0.3) is 0 Å². The number of nitriles is 1. The van der Waals surface area contributed by atoms with E-state index in [9.17, 15) is 21.6 Å². The third-order valence-electron chi connectivity index (χ3n) is 2.56. The highest BCUT2D eigenvalue weighted by atomic mass is 32.2. The van der Waals surface area contributed by atoms with E-state index >= 15 is 0 Å². The maximum Gasteiger partial charge on any atom is 0.534 e. The summed E-state index contributed by atoms with van der Waals surface area (Å²) >= 11 is 0. The lowest BCUT2D eigenvalue weighted by molar-refractivity contribution is -0.0500. The zero-order chi connectivity index (χ0) is 13.6. The molecule has 0 heterocycles. The van der Waals surface area contributed by atoms with Crippen molar-refractivity contribution in [1.29, 1.82) is 5.26 Å². The van der Waals surface area contributed by atoms with Gasteiger partial charge < -0.3 is 4.18 Å². The molecule has 1 aliphatic carbocycles. The molecule has 4 nitrogen and oxygen atoms in total. The number of hydrogen-bond acceptors (Lipinski definition) is 4. The summed E-state index contributed by atoms with van der Waals surface area (Å²) in [4.78, 5) is 0. The van der Waals surface area contributed by atoms with Crippen molar-refractivity contribution in [3.63, 3.8) is 0 Å². The highest BCUT2D eigenvalue weighted by molar-refractivity contribution is 7.87. The average molecular weight is 277 g/mol. The molecule has 1 atom stereocenters. The van der Waals surface area contributed by atoms with Crippen molar-refractivity contribution in [2.24, 2.45) is 0 Å². The molecule has 0 amide bonds. The molecule has 2 rings (SSSR count). The Balaban J connectivity index is 2.24. The van der Waals surface area contributed by atoms with Crippen LogP contribution in [0.15, 0.2) is 18.2 Å². The van der Waals surface area contributed by atoms with Crippen LogP contribution >= 0.6 is 0 Å². The molecule has 18 heavy (non-hydrogen) atoms. The van der Waals surface area contributed by atoms with Crippen molar-refractivity contribution in [2.45, 2.75) is 17.8 Å². The first kappa shape index (κ1) is 12.7. The van der Waals surface area contributed by atoms with E-state index in [1.807, 2.05) is 6.07 Å². The van der Waals surface area contributed by atoms with E-state index in [1.165, 1.54) is 12.1 Å². The second kappa shape index (κ2) is 3.88. The number of fused-ring (bicyclic) bond motifs is 1. The smallest absolute Gasteiger partial charge is 0.376 e. The van der Waals surface area contributed by atoms with Crippen LogP contribution in [-0.4, -0.2) is 13.9 Å². The monoisotopic (exact) mass is 277 g/mol. The van der Waals surface area contributed by atoms with Crippen LogP contribution in [0, 0.1) is 11.3 Å². The average Bonchev–Trinajstić information content (AvgIpc) is 2.19. The van der Waals surface area contributed by atoms with Crippen LogP contribution in [0.4, 0.5) is 13.2 Å². The van der Waals surface area contributed by atoms with Crippen LogP contribution in [0.5, 0.6) is 5.75 Å². The van der Waals surface area contributed by atoms with Gasteiger partial charge in [-0.25, -0.2) is 0 Å². The predicted octanol–water partition coefficient (Wildman–Crippen LogP) is 2.08. The van der Waals surface area contributed by atoms with Crippen LogP contribution in [0.2, 0.25) is 0 Å². The summed E-state index contributed by atoms with van der Waals surface area (Å²) in [7, 11) is -5.64. The number of rotatable bonds is 2. The molecule has 8 heteroatoms. The lowest BCUT2D eigenvalue weighted by Crippen LogP contribution is -2.28. The second-order valence-electron chi connectivity index (χ2n) is 3.73. The molecule has 0 bridgehead atoms. The zero-order valence-electron chi connectivity index (χ0n) is 8.73. The maximum atomic E-state index is 12.1. The lowest BCUT2D eigenvalue weighted by atomic mass is 9.78. The number of hydrogen-bond donors (Lipinski definition) is 0. The van der Waals surface area contributed by atoms with E-state index < -0.39 is 21.4 Å². The Hall–Kier alpha value is -1.75. The molecular weight excluding hydrogens is 271 g/mol. The first-order valence-electron chi connectivity index (χ1n) is 4.78. The van der Waals surface area contributed by atoms with Gasteiger partial charge in [-0.1, -0.05) is 6.07 Å². The van der Waals surface area contributed by atoms with Crippen LogP contribution in [0.3, 0.4) is 0 Å². The Morgan fingerprint density at radius 2 is 2.06 bits per heavy atom. The molecule has 0 saturated heterocycles. The summed E-state index contributed by atoms with van der Waals surface area (Å²) < 4.78 is 61.7. The standard InChI is InChI=1S/C10H6F3NO3S/c11-10(12,13)18(15,16)17-8-1-2-9-6(4-8)3-7(9)5-14/h1-2,4,7H,3H2. The first-order valence-corrected chi connectivity index (χ1v) is 6.18.